The van der Waals surface area contributed by atoms with Crippen molar-refractivity contribution in [3.8, 4) is 17.2 Å². The molecule has 0 bridgehead atoms. The van der Waals surface area contributed by atoms with Crippen molar-refractivity contribution in [2.45, 2.75) is 12.8 Å². The van der Waals surface area contributed by atoms with Gasteiger partial charge in [-0.05, 0) is 59.2 Å². The standard InChI is InChI=1S/C24H20F3NO4/c1-31-22-11-6-15(13-21(22)29)12-20(23(28)30)19-5-3-2-4-16(19)14-32-18-9-7-17(8-10-18)24(25,26)27/h2-13,29H,14H2,1H3,(H2,28,30)/b20-12+. The molecule has 1 amide bonds. The molecule has 0 fully saturated rings. The molecule has 0 aliphatic carbocycles. The van der Waals surface area contributed by atoms with Gasteiger partial charge in [-0.25, -0.2) is 0 Å². The lowest BCUT2D eigenvalue weighted by Gasteiger charge is -2.13. The van der Waals surface area contributed by atoms with Crippen LogP contribution in [-0.2, 0) is 17.6 Å². The summed E-state index contributed by atoms with van der Waals surface area (Å²) in [6.07, 6.45) is -2.90. The molecule has 0 aromatic heterocycles. The van der Waals surface area contributed by atoms with E-state index in [-0.39, 0.29) is 29.4 Å². The fraction of sp³-hybridized carbons (Fsp3) is 0.125. The first-order valence-electron chi connectivity index (χ1n) is 9.46. The number of nitrogens with two attached hydrogens (primary N) is 1. The highest BCUT2D eigenvalue weighted by Crippen LogP contribution is 2.31. The monoisotopic (exact) mass is 443 g/mol. The topological polar surface area (TPSA) is 81.8 Å². The van der Waals surface area contributed by atoms with Crippen molar-refractivity contribution in [3.05, 3.63) is 89.0 Å². The van der Waals surface area contributed by atoms with Crippen LogP contribution in [-0.4, -0.2) is 18.1 Å². The number of carbonyl (C=O) groups excluding carboxylic acids is 1. The van der Waals surface area contributed by atoms with Gasteiger partial charge in [-0.1, -0.05) is 30.3 Å². The number of ether oxygens (including phenoxy) is 2. The van der Waals surface area contributed by atoms with Gasteiger partial charge < -0.3 is 20.3 Å². The molecule has 0 unspecified atom stereocenters. The molecule has 0 saturated carbocycles. The van der Waals surface area contributed by atoms with E-state index in [9.17, 15) is 23.1 Å². The van der Waals surface area contributed by atoms with Gasteiger partial charge in [0.05, 0.1) is 12.7 Å². The fourth-order valence-electron chi connectivity index (χ4n) is 3.06. The van der Waals surface area contributed by atoms with E-state index in [1.54, 1.807) is 36.4 Å². The van der Waals surface area contributed by atoms with Gasteiger partial charge in [-0.15, -0.1) is 0 Å². The Kier molecular flexibility index (Phi) is 6.73. The Bertz CT molecular complexity index is 1140. The first-order chi connectivity index (χ1) is 15.2. The first-order valence-corrected chi connectivity index (χ1v) is 9.46. The third kappa shape index (κ3) is 5.40. The quantitative estimate of drug-likeness (QED) is 0.397. The number of alkyl halides is 3. The molecule has 0 heterocycles. The summed E-state index contributed by atoms with van der Waals surface area (Å²) < 4.78 is 48.8. The van der Waals surface area contributed by atoms with E-state index in [1.165, 1.54) is 31.4 Å². The second-order valence-electron chi connectivity index (χ2n) is 6.82. The summed E-state index contributed by atoms with van der Waals surface area (Å²) in [4.78, 5) is 12.2. The Labute approximate surface area is 182 Å². The number of hydrogen-bond donors (Lipinski definition) is 2. The van der Waals surface area contributed by atoms with Gasteiger partial charge in [0.15, 0.2) is 11.5 Å². The van der Waals surface area contributed by atoms with Crippen LogP contribution in [0.25, 0.3) is 11.6 Å². The minimum absolute atomic E-state index is 0.0000202. The second-order valence-corrected chi connectivity index (χ2v) is 6.82. The van der Waals surface area contributed by atoms with Crippen molar-refractivity contribution >= 4 is 17.6 Å². The van der Waals surface area contributed by atoms with Gasteiger partial charge >= 0.3 is 6.18 Å². The molecule has 0 atom stereocenters. The van der Waals surface area contributed by atoms with Crippen LogP contribution in [0, 0.1) is 0 Å². The van der Waals surface area contributed by atoms with Crippen molar-refractivity contribution in [2.75, 3.05) is 7.11 Å². The van der Waals surface area contributed by atoms with Gasteiger partial charge in [0.25, 0.3) is 0 Å². The Balaban J connectivity index is 1.88. The van der Waals surface area contributed by atoms with Crippen LogP contribution in [0.3, 0.4) is 0 Å². The molecule has 0 radical (unpaired) electrons. The number of methoxy groups -OCH3 is 1. The first kappa shape index (κ1) is 22.7. The second kappa shape index (κ2) is 9.47. The maximum atomic E-state index is 12.7. The average Bonchev–Trinajstić information content (AvgIpc) is 2.76. The van der Waals surface area contributed by atoms with Crippen molar-refractivity contribution in [1.82, 2.24) is 0 Å². The van der Waals surface area contributed by atoms with Crippen LogP contribution < -0.4 is 15.2 Å². The molecule has 0 aliphatic rings. The van der Waals surface area contributed by atoms with E-state index >= 15 is 0 Å². The maximum absolute atomic E-state index is 12.7. The third-order valence-corrected chi connectivity index (χ3v) is 4.66. The molecule has 3 rings (SSSR count). The van der Waals surface area contributed by atoms with E-state index in [0.29, 0.717) is 16.7 Å². The minimum Gasteiger partial charge on any atom is -0.504 e. The van der Waals surface area contributed by atoms with Gasteiger partial charge in [-0.2, -0.15) is 13.2 Å². The number of phenolic OH excluding ortho intramolecular Hbond substituents is 1. The normalized spacial score (nSPS) is 11.8. The third-order valence-electron chi connectivity index (χ3n) is 4.66. The highest BCUT2D eigenvalue weighted by molar-refractivity contribution is 6.23. The average molecular weight is 443 g/mol. The fourth-order valence-corrected chi connectivity index (χ4v) is 3.06. The molecule has 5 nitrogen and oxygen atoms in total. The summed E-state index contributed by atoms with van der Waals surface area (Å²) in [6, 6.07) is 15.9. The molecule has 0 aliphatic heterocycles. The number of carbonyl (C=O) groups is 1. The molecule has 3 aromatic carbocycles. The lowest BCUT2D eigenvalue weighted by Crippen LogP contribution is -2.14. The summed E-state index contributed by atoms with van der Waals surface area (Å²) >= 11 is 0. The Morgan fingerprint density at radius 2 is 1.75 bits per heavy atom. The predicted octanol–water partition coefficient (Wildman–Crippen LogP) is 5.02. The maximum Gasteiger partial charge on any atom is 0.416 e. The summed E-state index contributed by atoms with van der Waals surface area (Å²) in [5.74, 6) is -0.253. The lowest BCUT2D eigenvalue weighted by atomic mass is 9.97. The van der Waals surface area contributed by atoms with Crippen LogP contribution in [0.15, 0.2) is 66.7 Å². The van der Waals surface area contributed by atoms with Gasteiger partial charge in [0, 0.05) is 5.57 Å². The molecule has 166 valence electrons. The Hall–Kier alpha value is -3.94. The van der Waals surface area contributed by atoms with E-state index in [0.717, 1.165) is 12.1 Å². The number of benzene rings is 3. The van der Waals surface area contributed by atoms with Crippen LogP contribution in [0.5, 0.6) is 17.2 Å². The molecular weight excluding hydrogens is 423 g/mol. The Morgan fingerprint density at radius 1 is 1.06 bits per heavy atom. The zero-order chi connectivity index (χ0) is 23.3. The van der Waals surface area contributed by atoms with Crippen molar-refractivity contribution in [3.63, 3.8) is 0 Å². The molecule has 3 N–H and O–H groups in total. The molecular formula is C24H20F3NO4. The minimum atomic E-state index is -4.43. The van der Waals surface area contributed by atoms with Crippen LogP contribution in [0.2, 0.25) is 0 Å². The highest BCUT2D eigenvalue weighted by atomic mass is 19.4. The van der Waals surface area contributed by atoms with E-state index in [2.05, 4.69) is 0 Å². The van der Waals surface area contributed by atoms with Crippen molar-refractivity contribution < 1.29 is 32.5 Å². The van der Waals surface area contributed by atoms with Crippen molar-refractivity contribution in [2.24, 2.45) is 5.73 Å². The van der Waals surface area contributed by atoms with Gasteiger partial charge in [0.1, 0.15) is 12.4 Å². The summed E-state index contributed by atoms with van der Waals surface area (Å²) in [6.45, 7) is 0.0000202. The smallest absolute Gasteiger partial charge is 0.416 e. The van der Waals surface area contributed by atoms with E-state index in [1.807, 2.05) is 0 Å². The highest BCUT2D eigenvalue weighted by Gasteiger charge is 2.30. The summed E-state index contributed by atoms with van der Waals surface area (Å²) in [5, 5.41) is 9.99. The molecule has 32 heavy (non-hydrogen) atoms. The van der Waals surface area contributed by atoms with Crippen LogP contribution >= 0.6 is 0 Å². The van der Waals surface area contributed by atoms with Gasteiger partial charge in [-0.3, -0.25) is 4.79 Å². The number of aromatic hydroxyl groups is 1. The summed E-state index contributed by atoms with van der Waals surface area (Å²) in [7, 11) is 1.42. The Morgan fingerprint density at radius 3 is 2.34 bits per heavy atom. The molecule has 0 saturated heterocycles. The van der Waals surface area contributed by atoms with Crippen LogP contribution in [0.4, 0.5) is 13.2 Å². The number of phenols is 1. The lowest BCUT2D eigenvalue weighted by molar-refractivity contribution is -0.137. The number of primary amides is 1. The number of rotatable bonds is 7. The SMILES string of the molecule is COc1ccc(/C=C(/C(N)=O)c2ccccc2COc2ccc(C(F)(F)F)cc2)cc1O. The largest absolute Gasteiger partial charge is 0.504 e. The van der Waals surface area contributed by atoms with E-state index in [4.69, 9.17) is 15.2 Å². The van der Waals surface area contributed by atoms with E-state index < -0.39 is 17.6 Å². The predicted molar refractivity (Wildman–Crippen MR) is 114 cm³/mol. The number of hydrogen-bond acceptors (Lipinski definition) is 4. The zero-order valence-corrected chi connectivity index (χ0v) is 17.0. The van der Waals surface area contributed by atoms with Crippen molar-refractivity contribution in [1.29, 1.82) is 0 Å². The van der Waals surface area contributed by atoms with Gasteiger partial charge in [0.2, 0.25) is 5.91 Å². The molecule has 8 heteroatoms. The molecule has 3 aromatic rings. The number of halogens is 3. The summed E-state index contributed by atoms with van der Waals surface area (Å²) in [5.41, 5.74) is 6.65. The number of amides is 1. The van der Waals surface area contributed by atoms with Crippen LogP contribution in [0.1, 0.15) is 22.3 Å². The zero-order valence-electron chi connectivity index (χ0n) is 17.0. The molecule has 0 spiro atoms.